The number of nitrogens with one attached hydrogen (secondary N) is 3. The summed E-state index contributed by atoms with van der Waals surface area (Å²) in [6.07, 6.45) is 0. The Morgan fingerprint density at radius 2 is 1.61 bits per heavy atom. The van der Waals surface area contributed by atoms with Crippen LogP contribution in [0.5, 0.6) is 11.5 Å². The molecule has 10 heteroatoms. The first-order chi connectivity index (χ1) is 13.2. The zero-order valence-corrected chi connectivity index (χ0v) is 16.2. The fourth-order valence-electron chi connectivity index (χ4n) is 2.59. The molecule has 0 saturated heterocycles. The summed E-state index contributed by atoms with van der Waals surface area (Å²) in [6, 6.07) is 8.69. The van der Waals surface area contributed by atoms with Crippen molar-refractivity contribution in [2.24, 2.45) is 5.92 Å². The molecule has 148 valence electrons. The molecule has 1 unspecified atom stereocenters. The van der Waals surface area contributed by atoms with Gasteiger partial charge in [-0.1, -0.05) is 0 Å². The maximum absolute atomic E-state index is 12.8. The normalized spacial score (nSPS) is 16.3. The third kappa shape index (κ3) is 3.72. The summed E-state index contributed by atoms with van der Waals surface area (Å²) in [6.45, 7) is 1.46. The first kappa shape index (κ1) is 19.5. The molecular weight excluding hydrogens is 386 g/mol. The molecular formula is C18H19N3O6S. The molecule has 1 aliphatic heterocycles. The van der Waals surface area contributed by atoms with Crippen molar-refractivity contribution in [2.45, 2.75) is 11.8 Å². The summed E-state index contributed by atoms with van der Waals surface area (Å²) < 4.78 is 38.4. The highest BCUT2D eigenvalue weighted by molar-refractivity contribution is 7.92. The largest absolute Gasteiger partial charge is 0.497 e. The molecule has 2 aromatic carbocycles. The van der Waals surface area contributed by atoms with E-state index in [1.165, 1.54) is 45.4 Å². The zero-order valence-electron chi connectivity index (χ0n) is 15.4. The van der Waals surface area contributed by atoms with Crippen LogP contribution in [0.2, 0.25) is 0 Å². The van der Waals surface area contributed by atoms with Crippen molar-refractivity contribution in [2.75, 3.05) is 29.6 Å². The summed E-state index contributed by atoms with van der Waals surface area (Å²) in [5.74, 6) is -1.08. The molecule has 28 heavy (non-hydrogen) atoms. The Labute approximate surface area is 162 Å². The van der Waals surface area contributed by atoms with Gasteiger partial charge < -0.3 is 20.1 Å². The third-order valence-electron chi connectivity index (χ3n) is 4.26. The average molecular weight is 405 g/mol. The number of hydrogen-bond acceptors (Lipinski definition) is 6. The number of benzene rings is 2. The second kappa shape index (κ2) is 7.39. The first-order valence-corrected chi connectivity index (χ1v) is 9.74. The third-order valence-corrected chi connectivity index (χ3v) is 5.62. The number of amides is 2. The fourth-order valence-corrected chi connectivity index (χ4v) is 3.69. The fraction of sp³-hybridized carbons (Fsp3) is 0.222. The van der Waals surface area contributed by atoms with Crippen molar-refractivity contribution in [3.05, 3.63) is 36.4 Å². The van der Waals surface area contributed by atoms with Gasteiger partial charge in [0.05, 0.1) is 36.2 Å². The minimum Gasteiger partial charge on any atom is -0.497 e. The first-order valence-electron chi connectivity index (χ1n) is 8.26. The highest BCUT2D eigenvalue weighted by Crippen LogP contribution is 2.33. The average Bonchev–Trinajstić information content (AvgIpc) is 2.78. The van der Waals surface area contributed by atoms with E-state index in [4.69, 9.17) is 9.47 Å². The quantitative estimate of drug-likeness (QED) is 0.654. The summed E-state index contributed by atoms with van der Waals surface area (Å²) in [5, 5.41) is 5.15. The number of carbonyl (C=O) groups excluding carboxylic acids is 2. The van der Waals surface area contributed by atoms with E-state index in [1.807, 2.05) is 0 Å². The second-order valence-corrected chi connectivity index (χ2v) is 7.76. The van der Waals surface area contributed by atoms with Crippen molar-refractivity contribution in [3.63, 3.8) is 0 Å². The van der Waals surface area contributed by atoms with Crippen LogP contribution in [0.25, 0.3) is 0 Å². The minimum atomic E-state index is -3.99. The predicted molar refractivity (Wildman–Crippen MR) is 103 cm³/mol. The molecule has 0 bridgehead atoms. The number of hydrogen-bond donors (Lipinski definition) is 3. The maximum atomic E-state index is 12.8. The number of ether oxygens (including phenoxy) is 2. The van der Waals surface area contributed by atoms with Crippen molar-refractivity contribution in [1.29, 1.82) is 0 Å². The number of anilines is 3. The van der Waals surface area contributed by atoms with Crippen LogP contribution in [0.15, 0.2) is 41.3 Å². The number of fused-ring (bicyclic) bond motifs is 1. The highest BCUT2D eigenvalue weighted by atomic mass is 32.2. The van der Waals surface area contributed by atoms with Crippen LogP contribution < -0.4 is 24.8 Å². The molecule has 1 aliphatic rings. The van der Waals surface area contributed by atoms with E-state index < -0.39 is 27.8 Å². The Kier molecular flexibility index (Phi) is 5.14. The van der Waals surface area contributed by atoms with Crippen molar-refractivity contribution >= 4 is 38.9 Å². The van der Waals surface area contributed by atoms with Gasteiger partial charge in [-0.3, -0.25) is 14.3 Å². The van der Waals surface area contributed by atoms with Gasteiger partial charge in [-0.25, -0.2) is 8.42 Å². The Morgan fingerprint density at radius 1 is 0.929 bits per heavy atom. The number of methoxy groups -OCH3 is 2. The molecule has 9 nitrogen and oxygen atoms in total. The molecule has 0 radical (unpaired) electrons. The van der Waals surface area contributed by atoms with Crippen LogP contribution in [-0.4, -0.2) is 34.5 Å². The molecule has 0 spiro atoms. The number of rotatable bonds is 5. The van der Waals surface area contributed by atoms with Gasteiger partial charge in [0.2, 0.25) is 11.8 Å². The highest BCUT2D eigenvalue weighted by Gasteiger charge is 2.28. The lowest BCUT2D eigenvalue weighted by Gasteiger charge is -2.14. The smallest absolute Gasteiger partial charge is 0.262 e. The lowest BCUT2D eigenvalue weighted by Crippen LogP contribution is -2.28. The van der Waals surface area contributed by atoms with Gasteiger partial charge in [0.15, 0.2) is 0 Å². The maximum Gasteiger partial charge on any atom is 0.262 e. The summed E-state index contributed by atoms with van der Waals surface area (Å²) in [5.41, 5.74) is 0.750. The van der Waals surface area contributed by atoms with Gasteiger partial charge in [-0.15, -0.1) is 0 Å². The topological polar surface area (TPSA) is 123 Å². The van der Waals surface area contributed by atoms with Gasteiger partial charge in [0.1, 0.15) is 17.4 Å². The minimum absolute atomic E-state index is 0.0896. The Hall–Kier alpha value is -3.27. The van der Waals surface area contributed by atoms with Gasteiger partial charge in [-0.05, 0) is 37.3 Å². The van der Waals surface area contributed by atoms with E-state index in [0.717, 1.165) is 0 Å². The van der Waals surface area contributed by atoms with Crippen LogP contribution in [0.3, 0.4) is 0 Å². The molecule has 0 fully saturated rings. The van der Waals surface area contributed by atoms with Gasteiger partial charge >= 0.3 is 0 Å². The van der Waals surface area contributed by atoms with Crippen molar-refractivity contribution in [1.82, 2.24) is 0 Å². The van der Waals surface area contributed by atoms with E-state index in [2.05, 4.69) is 15.4 Å². The lowest BCUT2D eigenvalue weighted by atomic mass is 10.1. The summed E-state index contributed by atoms with van der Waals surface area (Å²) in [7, 11) is -1.09. The van der Waals surface area contributed by atoms with Crippen LogP contribution in [0.1, 0.15) is 6.92 Å². The molecule has 0 saturated carbocycles. The van der Waals surface area contributed by atoms with E-state index in [-0.39, 0.29) is 22.0 Å². The van der Waals surface area contributed by atoms with Crippen molar-refractivity contribution in [3.8, 4) is 11.5 Å². The molecule has 1 heterocycles. The van der Waals surface area contributed by atoms with Crippen LogP contribution in [-0.2, 0) is 19.6 Å². The Balaban J connectivity index is 1.95. The standard InChI is InChI=1S/C18H19N3O6S/c1-10-17(22)19-13-7-5-12(9-15(13)20-18(10)23)28(24,25)21-14-6-4-11(26-2)8-16(14)27-3/h4-10,21H,1-3H3,(H,19,22)(H,20,23). The molecule has 0 aliphatic carbocycles. The monoisotopic (exact) mass is 405 g/mol. The Bertz CT molecular complexity index is 1050. The second-order valence-electron chi connectivity index (χ2n) is 6.08. The van der Waals surface area contributed by atoms with E-state index in [1.54, 1.807) is 12.1 Å². The molecule has 0 aromatic heterocycles. The van der Waals surface area contributed by atoms with Gasteiger partial charge in [0, 0.05) is 6.07 Å². The van der Waals surface area contributed by atoms with Crippen molar-refractivity contribution < 1.29 is 27.5 Å². The van der Waals surface area contributed by atoms with Crippen LogP contribution >= 0.6 is 0 Å². The van der Waals surface area contributed by atoms with E-state index in [9.17, 15) is 18.0 Å². The number of sulfonamides is 1. The molecule has 3 N–H and O–H groups in total. The lowest BCUT2D eigenvalue weighted by molar-refractivity contribution is -0.128. The molecule has 1 atom stereocenters. The van der Waals surface area contributed by atoms with Gasteiger partial charge in [0.25, 0.3) is 10.0 Å². The predicted octanol–water partition coefficient (Wildman–Crippen LogP) is 2.03. The Morgan fingerprint density at radius 3 is 2.25 bits per heavy atom. The summed E-state index contributed by atoms with van der Waals surface area (Å²) in [4.78, 5) is 23.8. The zero-order chi connectivity index (χ0) is 20.5. The molecule has 2 aromatic rings. The molecule has 2 amide bonds. The number of carbonyl (C=O) groups is 2. The van der Waals surface area contributed by atoms with E-state index in [0.29, 0.717) is 11.4 Å². The van der Waals surface area contributed by atoms with E-state index >= 15 is 0 Å². The van der Waals surface area contributed by atoms with Crippen LogP contribution in [0.4, 0.5) is 17.1 Å². The van der Waals surface area contributed by atoms with Crippen LogP contribution in [0, 0.1) is 5.92 Å². The SMILES string of the molecule is COc1ccc(NS(=O)(=O)c2ccc3c(c2)NC(=O)C(C)C(=O)N3)c(OC)c1. The van der Waals surface area contributed by atoms with Gasteiger partial charge in [-0.2, -0.15) is 0 Å². The molecule has 3 rings (SSSR count). The summed E-state index contributed by atoms with van der Waals surface area (Å²) >= 11 is 0.